The van der Waals surface area contributed by atoms with Gasteiger partial charge in [0.15, 0.2) is 0 Å². The molecule has 128 valence electrons. The molecule has 0 radical (unpaired) electrons. The Balaban J connectivity index is 1.68. The Morgan fingerprint density at radius 3 is 2.72 bits per heavy atom. The van der Waals surface area contributed by atoms with E-state index in [1.165, 1.54) is 11.0 Å². The molecule has 2 amide bonds. The van der Waals surface area contributed by atoms with E-state index < -0.39 is 0 Å². The van der Waals surface area contributed by atoms with E-state index in [2.05, 4.69) is 10.3 Å². The number of rotatable bonds is 4. The molecule has 0 spiro atoms. The van der Waals surface area contributed by atoms with Crippen molar-refractivity contribution in [1.82, 2.24) is 9.88 Å². The maximum absolute atomic E-state index is 13.5. The van der Waals surface area contributed by atoms with Crippen LogP contribution in [0.1, 0.15) is 15.9 Å². The predicted octanol–water partition coefficient (Wildman–Crippen LogP) is 3.33. The number of halogens is 1. The lowest BCUT2D eigenvalue weighted by atomic mass is 10.1. The Hall–Kier alpha value is -3.15. The van der Waals surface area contributed by atoms with Crippen molar-refractivity contribution >= 4 is 28.4 Å². The molecule has 0 aliphatic rings. The molecular weight excluding hydrogens is 321 g/mol. The summed E-state index contributed by atoms with van der Waals surface area (Å²) in [6.07, 6.45) is 1.64. The molecule has 0 fully saturated rings. The molecule has 0 aliphatic carbocycles. The van der Waals surface area contributed by atoms with Gasteiger partial charge >= 0.3 is 0 Å². The zero-order chi connectivity index (χ0) is 18.0. The van der Waals surface area contributed by atoms with Gasteiger partial charge in [0.05, 0.1) is 12.1 Å². The largest absolute Gasteiger partial charge is 0.360 e. The fourth-order valence-electron chi connectivity index (χ4n) is 2.61. The minimum absolute atomic E-state index is 0.131. The van der Waals surface area contributed by atoms with Crippen LogP contribution in [0.25, 0.3) is 10.9 Å². The molecule has 25 heavy (non-hydrogen) atoms. The topological polar surface area (TPSA) is 65.2 Å². The summed E-state index contributed by atoms with van der Waals surface area (Å²) < 4.78 is 13.5. The molecule has 5 nitrogen and oxygen atoms in total. The van der Waals surface area contributed by atoms with Crippen molar-refractivity contribution in [2.45, 2.75) is 6.92 Å². The standard InChI is InChI=1S/C19H18FN3O2/c1-12-7-8-13(9-16(12)20)22-18(24)11-23(2)19(25)15-10-21-17-6-4-3-5-14(15)17/h3-10,21H,11H2,1-2H3,(H,22,24). The minimum atomic E-state index is -0.390. The quantitative estimate of drug-likeness (QED) is 0.766. The average molecular weight is 339 g/mol. The van der Waals surface area contributed by atoms with Crippen LogP contribution in [-0.4, -0.2) is 35.3 Å². The summed E-state index contributed by atoms with van der Waals surface area (Å²) in [6, 6.07) is 11.9. The molecule has 0 atom stereocenters. The molecule has 2 N–H and O–H groups in total. The first-order valence-electron chi connectivity index (χ1n) is 7.83. The average Bonchev–Trinajstić information content (AvgIpc) is 3.01. The number of benzene rings is 2. The van der Waals surface area contributed by atoms with Gasteiger partial charge in [0, 0.05) is 29.8 Å². The van der Waals surface area contributed by atoms with Crippen LogP contribution in [0.4, 0.5) is 10.1 Å². The number of anilines is 1. The van der Waals surface area contributed by atoms with Crippen molar-refractivity contribution in [2.75, 3.05) is 18.9 Å². The van der Waals surface area contributed by atoms with Crippen molar-refractivity contribution in [2.24, 2.45) is 0 Å². The van der Waals surface area contributed by atoms with Crippen LogP contribution in [0.2, 0.25) is 0 Å². The van der Waals surface area contributed by atoms with E-state index >= 15 is 0 Å². The van der Waals surface area contributed by atoms with Crippen LogP contribution in [0.5, 0.6) is 0 Å². The van der Waals surface area contributed by atoms with Crippen LogP contribution in [0, 0.1) is 12.7 Å². The number of nitrogens with zero attached hydrogens (tertiary/aromatic N) is 1. The predicted molar refractivity (Wildman–Crippen MR) is 95.0 cm³/mol. The van der Waals surface area contributed by atoms with Gasteiger partial charge in [0.1, 0.15) is 5.82 Å². The van der Waals surface area contributed by atoms with Gasteiger partial charge in [-0.1, -0.05) is 24.3 Å². The second-order valence-corrected chi connectivity index (χ2v) is 5.92. The normalized spacial score (nSPS) is 10.7. The first-order valence-corrected chi connectivity index (χ1v) is 7.83. The highest BCUT2D eigenvalue weighted by molar-refractivity contribution is 6.08. The van der Waals surface area contributed by atoms with E-state index in [-0.39, 0.29) is 24.2 Å². The number of carbonyl (C=O) groups is 2. The molecular formula is C19H18FN3O2. The molecule has 3 aromatic rings. The Morgan fingerprint density at radius 1 is 1.20 bits per heavy atom. The molecule has 1 heterocycles. The zero-order valence-electron chi connectivity index (χ0n) is 14.0. The molecule has 0 saturated carbocycles. The molecule has 6 heteroatoms. The Labute approximate surface area is 144 Å². The summed E-state index contributed by atoms with van der Waals surface area (Å²) in [5.74, 6) is -1.04. The molecule has 0 aliphatic heterocycles. The van der Waals surface area contributed by atoms with Gasteiger partial charge < -0.3 is 15.2 Å². The summed E-state index contributed by atoms with van der Waals surface area (Å²) in [6.45, 7) is 1.52. The van der Waals surface area contributed by atoms with Crippen molar-refractivity contribution in [3.63, 3.8) is 0 Å². The summed E-state index contributed by atoms with van der Waals surface area (Å²) in [5, 5.41) is 3.40. The summed E-state index contributed by atoms with van der Waals surface area (Å²) >= 11 is 0. The molecule has 0 saturated heterocycles. The minimum Gasteiger partial charge on any atom is -0.360 e. The number of aromatic nitrogens is 1. The Morgan fingerprint density at radius 2 is 1.96 bits per heavy atom. The molecule has 0 unspecified atom stereocenters. The fourth-order valence-corrected chi connectivity index (χ4v) is 2.61. The van der Waals surface area contributed by atoms with Crippen LogP contribution in [0.3, 0.4) is 0 Å². The van der Waals surface area contributed by atoms with Gasteiger partial charge in [0.2, 0.25) is 5.91 Å². The van der Waals surface area contributed by atoms with Gasteiger partial charge in [-0.05, 0) is 30.7 Å². The first kappa shape index (κ1) is 16.7. The third-order valence-corrected chi connectivity index (χ3v) is 4.00. The maximum atomic E-state index is 13.5. The van der Waals surface area contributed by atoms with Gasteiger partial charge in [-0.15, -0.1) is 0 Å². The van der Waals surface area contributed by atoms with Gasteiger partial charge in [-0.25, -0.2) is 4.39 Å². The van der Waals surface area contributed by atoms with Gasteiger partial charge in [-0.2, -0.15) is 0 Å². The number of hydrogen-bond acceptors (Lipinski definition) is 2. The molecule has 0 bridgehead atoms. The van der Waals surface area contributed by atoms with E-state index in [9.17, 15) is 14.0 Å². The highest BCUT2D eigenvalue weighted by atomic mass is 19.1. The third kappa shape index (κ3) is 3.52. The lowest BCUT2D eigenvalue weighted by Gasteiger charge is -2.16. The van der Waals surface area contributed by atoms with Crippen molar-refractivity contribution in [3.8, 4) is 0 Å². The smallest absolute Gasteiger partial charge is 0.256 e. The van der Waals surface area contributed by atoms with Gasteiger partial charge in [0.25, 0.3) is 5.91 Å². The van der Waals surface area contributed by atoms with E-state index in [0.717, 1.165) is 10.9 Å². The first-order chi connectivity index (χ1) is 12.0. The SMILES string of the molecule is Cc1ccc(NC(=O)CN(C)C(=O)c2c[nH]c3ccccc23)cc1F. The number of carbonyl (C=O) groups excluding carboxylic acids is 2. The van der Waals surface area contributed by atoms with Crippen molar-refractivity contribution in [3.05, 3.63) is 65.6 Å². The third-order valence-electron chi connectivity index (χ3n) is 4.00. The number of likely N-dealkylation sites (N-methyl/N-ethyl adjacent to an activating group) is 1. The van der Waals surface area contributed by atoms with Crippen LogP contribution >= 0.6 is 0 Å². The van der Waals surface area contributed by atoms with Crippen LogP contribution < -0.4 is 5.32 Å². The van der Waals surface area contributed by atoms with E-state index in [4.69, 9.17) is 0 Å². The maximum Gasteiger partial charge on any atom is 0.256 e. The van der Waals surface area contributed by atoms with E-state index in [1.807, 2.05) is 24.3 Å². The van der Waals surface area contributed by atoms with Crippen molar-refractivity contribution < 1.29 is 14.0 Å². The molecule has 2 aromatic carbocycles. The lowest BCUT2D eigenvalue weighted by Crippen LogP contribution is -2.34. The zero-order valence-corrected chi connectivity index (χ0v) is 14.0. The number of nitrogens with one attached hydrogen (secondary N) is 2. The fraction of sp³-hybridized carbons (Fsp3) is 0.158. The second-order valence-electron chi connectivity index (χ2n) is 5.92. The van der Waals surface area contributed by atoms with Crippen molar-refractivity contribution in [1.29, 1.82) is 0 Å². The monoisotopic (exact) mass is 339 g/mol. The highest BCUT2D eigenvalue weighted by Gasteiger charge is 2.18. The van der Waals surface area contributed by atoms with E-state index in [1.54, 1.807) is 32.3 Å². The second kappa shape index (κ2) is 6.76. The summed E-state index contributed by atoms with van der Waals surface area (Å²) in [5.41, 5.74) is 2.23. The summed E-state index contributed by atoms with van der Waals surface area (Å²) in [7, 11) is 1.55. The number of amides is 2. The lowest BCUT2D eigenvalue weighted by molar-refractivity contribution is -0.116. The number of aryl methyl sites for hydroxylation is 1. The molecule has 1 aromatic heterocycles. The summed E-state index contributed by atoms with van der Waals surface area (Å²) in [4.78, 5) is 29.1. The number of para-hydroxylation sites is 1. The van der Waals surface area contributed by atoms with Crippen LogP contribution in [0.15, 0.2) is 48.7 Å². The van der Waals surface area contributed by atoms with Crippen LogP contribution in [-0.2, 0) is 4.79 Å². The highest BCUT2D eigenvalue weighted by Crippen LogP contribution is 2.19. The van der Waals surface area contributed by atoms with Gasteiger partial charge in [-0.3, -0.25) is 9.59 Å². The number of H-pyrrole nitrogens is 1. The number of fused-ring (bicyclic) bond motifs is 1. The Kier molecular flexibility index (Phi) is 4.52. The number of hydrogen-bond donors (Lipinski definition) is 2. The van der Waals surface area contributed by atoms with E-state index in [0.29, 0.717) is 16.8 Å². The molecule has 3 rings (SSSR count). The Bertz CT molecular complexity index is 949. The number of aromatic amines is 1.